The molecule has 4 N–H and O–H groups in total. The predicted octanol–water partition coefficient (Wildman–Crippen LogP) is 1.45. The molecular weight excluding hydrogens is 392 g/mol. The number of carbonyl (C=O) groups is 4. The Hall–Kier alpha value is -4.08. The minimum atomic E-state index is -0.653. The van der Waals surface area contributed by atoms with Gasteiger partial charge in [-0.3, -0.25) is 30.0 Å². The van der Waals surface area contributed by atoms with Crippen LogP contribution in [0.15, 0.2) is 42.5 Å². The fourth-order valence-corrected chi connectivity index (χ4v) is 2.43. The van der Waals surface area contributed by atoms with Crippen molar-refractivity contribution >= 4 is 35.0 Å². The predicted molar refractivity (Wildman–Crippen MR) is 109 cm³/mol. The highest BCUT2D eigenvalue weighted by molar-refractivity contribution is 6.00. The van der Waals surface area contributed by atoms with Gasteiger partial charge in [-0.15, -0.1) is 0 Å². The van der Waals surface area contributed by atoms with Crippen LogP contribution < -0.4 is 31.0 Å². The normalized spacial score (nSPS) is 9.83. The molecule has 0 aliphatic rings. The van der Waals surface area contributed by atoms with Crippen LogP contribution in [0.5, 0.6) is 11.5 Å². The molecule has 0 unspecified atom stereocenters. The van der Waals surface area contributed by atoms with Crippen LogP contribution in [-0.2, 0) is 14.4 Å². The number of hydrogen-bond donors (Lipinski definition) is 4. The molecule has 30 heavy (non-hydrogen) atoms. The summed E-state index contributed by atoms with van der Waals surface area (Å²) in [7, 11) is 1.48. The Bertz CT molecular complexity index is 926. The van der Waals surface area contributed by atoms with Crippen molar-refractivity contribution in [3.8, 4) is 11.5 Å². The average Bonchev–Trinajstić information content (AvgIpc) is 2.69. The van der Waals surface area contributed by atoms with Crippen LogP contribution in [0, 0.1) is 0 Å². The summed E-state index contributed by atoms with van der Waals surface area (Å²) in [6, 6.07) is 11.1. The van der Waals surface area contributed by atoms with Crippen LogP contribution in [0.3, 0.4) is 0 Å². The zero-order valence-corrected chi connectivity index (χ0v) is 16.7. The molecule has 10 heteroatoms. The van der Waals surface area contributed by atoms with Crippen molar-refractivity contribution in [2.24, 2.45) is 0 Å². The van der Waals surface area contributed by atoms with Crippen molar-refractivity contribution in [2.75, 3.05) is 24.4 Å². The number of para-hydroxylation sites is 2. The fraction of sp³-hybridized carbons (Fsp3) is 0.200. The summed E-state index contributed by atoms with van der Waals surface area (Å²) < 4.78 is 10.5. The Morgan fingerprint density at radius 1 is 0.833 bits per heavy atom. The molecule has 0 fully saturated rings. The van der Waals surface area contributed by atoms with Gasteiger partial charge in [-0.25, -0.2) is 0 Å². The van der Waals surface area contributed by atoms with Crippen LogP contribution in [0.2, 0.25) is 0 Å². The van der Waals surface area contributed by atoms with Gasteiger partial charge in [-0.2, -0.15) is 0 Å². The lowest BCUT2D eigenvalue weighted by atomic mass is 10.1. The maximum Gasteiger partial charge on any atom is 0.276 e. The number of carbonyl (C=O) groups excluding carboxylic acids is 4. The van der Waals surface area contributed by atoms with Crippen LogP contribution in [0.25, 0.3) is 0 Å². The number of anilines is 2. The van der Waals surface area contributed by atoms with Crippen LogP contribution in [0.4, 0.5) is 11.4 Å². The summed E-state index contributed by atoms with van der Waals surface area (Å²) in [5, 5.41) is 5.08. The molecule has 2 aromatic rings. The van der Waals surface area contributed by atoms with Gasteiger partial charge in [0.05, 0.1) is 7.11 Å². The second-order valence-electron chi connectivity index (χ2n) is 6.10. The summed E-state index contributed by atoms with van der Waals surface area (Å²) in [5.74, 6) is -1.10. The first-order chi connectivity index (χ1) is 14.3. The molecule has 4 amide bonds. The van der Waals surface area contributed by atoms with Gasteiger partial charge in [0.25, 0.3) is 11.8 Å². The Balaban J connectivity index is 1.99. The fourth-order valence-electron chi connectivity index (χ4n) is 2.43. The molecule has 0 radical (unpaired) electrons. The largest absolute Gasteiger partial charge is 0.493 e. The monoisotopic (exact) mass is 414 g/mol. The first-order valence-electron chi connectivity index (χ1n) is 8.83. The van der Waals surface area contributed by atoms with E-state index in [0.29, 0.717) is 22.9 Å². The van der Waals surface area contributed by atoms with E-state index in [9.17, 15) is 19.2 Å². The maximum atomic E-state index is 12.4. The molecule has 0 bridgehead atoms. The summed E-state index contributed by atoms with van der Waals surface area (Å²) in [6.45, 7) is 2.27. The summed E-state index contributed by atoms with van der Waals surface area (Å²) in [5.41, 5.74) is 5.21. The van der Waals surface area contributed by atoms with Gasteiger partial charge >= 0.3 is 0 Å². The van der Waals surface area contributed by atoms with Gasteiger partial charge in [0, 0.05) is 30.8 Å². The lowest BCUT2D eigenvalue weighted by molar-refractivity contribution is -0.124. The van der Waals surface area contributed by atoms with E-state index in [1.165, 1.54) is 39.2 Å². The molecule has 2 rings (SSSR count). The molecule has 0 saturated heterocycles. The molecule has 0 aliphatic heterocycles. The number of hydrazine groups is 1. The molecular formula is C20H22N4O6. The average molecular weight is 414 g/mol. The van der Waals surface area contributed by atoms with Gasteiger partial charge < -0.3 is 20.1 Å². The molecule has 0 aliphatic carbocycles. The van der Waals surface area contributed by atoms with Gasteiger partial charge in [-0.05, 0) is 30.3 Å². The zero-order valence-electron chi connectivity index (χ0n) is 16.7. The minimum Gasteiger partial charge on any atom is -0.493 e. The molecule has 2 aromatic carbocycles. The van der Waals surface area contributed by atoms with Crippen molar-refractivity contribution in [3.05, 3.63) is 48.0 Å². The molecule has 0 saturated carbocycles. The van der Waals surface area contributed by atoms with Crippen molar-refractivity contribution < 1.29 is 28.7 Å². The van der Waals surface area contributed by atoms with Crippen molar-refractivity contribution in [3.63, 3.8) is 0 Å². The standard InChI is InChI=1S/C20H22N4O6/c1-12(25)21-15-8-14(9-16(10-15)22-13(2)26)20(28)24-23-19(27)11-30-18-7-5-4-6-17(18)29-3/h4-10H,11H2,1-3H3,(H,21,25)(H,22,26)(H,23,27)(H,24,28). The number of hydrogen-bond acceptors (Lipinski definition) is 6. The van der Waals surface area contributed by atoms with Crippen molar-refractivity contribution in [1.29, 1.82) is 0 Å². The third-order valence-electron chi connectivity index (χ3n) is 3.58. The number of benzene rings is 2. The molecule has 158 valence electrons. The van der Waals surface area contributed by atoms with Crippen molar-refractivity contribution in [2.45, 2.75) is 13.8 Å². The topological polar surface area (TPSA) is 135 Å². The Morgan fingerprint density at radius 2 is 1.40 bits per heavy atom. The highest BCUT2D eigenvalue weighted by Gasteiger charge is 2.12. The second kappa shape index (κ2) is 10.5. The highest BCUT2D eigenvalue weighted by Crippen LogP contribution is 2.25. The number of amides is 4. The summed E-state index contributed by atoms with van der Waals surface area (Å²) in [6.07, 6.45) is 0. The van der Waals surface area contributed by atoms with E-state index in [4.69, 9.17) is 9.47 Å². The molecule has 0 atom stereocenters. The Kier molecular flexibility index (Phi) is 7.74. The van der Waals surface area contributed by atoms with E-state index < -0.39 is 11.8 Å². The lowest BCUT2D eigenvalue weighted by Gasteiger charge is -2.12. The van der Waals surface area contributed by atoms with Crippen LogP contribution >= 0.6 is 0 Å². The van der Waals surface area contributed by atoms with Gasteiger partial charge in [0.1, 0.15) is 0 Å². The molecule has 10 nitrogen and oxygen atoms in total. The van der Waals surface area contributed by atoms with E-state index in [2.05, 4.69) is 21.5 Å². The minimum absolute atomic E-state index is 0.107. The van der Waals surface area contributed by atoms with Gasteiger partial charge in [-0.1, -0.05) is 12.1 Å². The van der Waals surface area contributed by atoms with Gasteiger partial charge in [0.2, 0.25) is 11.8 Å². The van der Waals surface area contributed by atoms with Gasteiger partial charge in [0.15, 0.2) is 18.1 Å². The van der Waals surface area contributed by atoms with Crippen LogP contribution in [-0.4, -0.2) is 37.3 Å². The Labute approximate surface area is 172 Å². The third-order valence-corrected chi connectivity index (χ3v) is 3.58. The SMILES string of the molecule is COc1ccccc1OCC(=O)NNC(=O)c1cc(NC(C)=O)cc(NC(C)=O)c1. The van der Waals surface area contributed by atoms with Crippen LogP contribution in [0.1, 0.15) is 24.2 Å². The summed E-state index contributed by atoms with van der Waals surface area (Å²) >= 11 is 0. The second-order valence-corrected chi connectivity index (χ2v) is 6.10. The Morgan fingerprint density at radius 3 is 1.93 bits per heavy atom. The smallest absolute Gasteiger partial charge is 0.276 e. The summed E-state index contributed by atoms with van der Waals surface area (Å²) in [4.78, 5) is 47.0. The quantitative estimate of drug-likeness (QED) is 0.507. The highest BCUT2D eigenvalue weighted by atomic mass is 16.5. The zero-order chi connectivity index (χ0) is 22.1. The first kappa shape index (κ1) is 22.2. The van der Waals surface area contributed by atoms with E-state index >= 15 is 0 Å². The van der Waals surface area contributed by atoms with E-state index in [0.717, 1.165) is 0 Å². The van der Waals surface area contributed by atoms with E-state index in [-0.39, 0.29) is 24.0 Å². The van der Waals surface area contributed by atoms with E-state index in [1.807, 2.05) is 0 Å². The molecule has 0 spiro atoms. The molecule has 0 heterocycles. The first-order valence-corrected chi connectivity index (χ1v) is 8.83. The lowest BCUT2D eigenvalue weighted by Crippen LogP contribution is -2.43. The van der Waals surface area contributed by atoms with Crippen molar-refractivity contribution in [1.82, 2.24) is 10.9 Å². The molecule has 0 aromatic heterocycles. The van der Waals surface area contributed by atoms with E-state index in [1.54, 1.807) is 24.3 Å². The maximum absolute atomic E-state index is 12.4. The number of ether oxygens (including phenoxy) is 2. The third kappa shape index (κ3) is 6.82. The number of methoxy groups -OCH3 is 1. The number of nitrogens with one attached hydrogen (secondary N) is 4. The number of rotatable bonds is 7.